The van der Waals surface area contributed by atoms with Crippen LogP contribution in [0.25, 0.3) is 33.6 Å². The second kappa shape index (κ2) is 11.6. The van der Waals surface area contributed by atoms with Gasteiger partial charge in [0.1, 0.15) is 11.0 Å². The minimum Gasteiger partial charge on any atom is -0.481 e. The summed E-state index contributed by atoms with van der Waals surface area (Å²) in [6.07, 6.45) is 5.60. The molecule has 10 heteroatoms. The molecular formula is C32H24ClN7O2. The molecule has 6 rings (SSSR count). The average molecular weight is 574 g/mol. The fraction of sp³-hybridized carbons (Fsp3) is 0.0938. The van der Waals surface area contributed by atoms with Gasteiger partial charge in [0.05, 0.1) is 24.3 Å². The van der Waals surface area contributed by atoms with E-state index in [4.69, 9.17) is 16.3 Å². The van der Waals surface area contributed by atoms with E-state index >= 15 is 0 Å². The summed E-state index contributed by atoms with van der Waals surface area (Å²) in [5.74, 6) is 0.305. The number of carbonyl (C=O) groups is 1. The van der Waals surface area contributed by atoms with Crippen molar-refractivity contribution in [3.8, 4) is 11.9 Å². The van der Waals surface area contributed by atoms with Crippen LogP contribution in [0.5, 0.6) is 5.88 Å². The van der Waals surface area contributed by atoms with Crippen molar-refractivity contribution >= 4 is 51.1 Å². The lowest BCUT2D eigenvalue weighted by molar-refractivity contribution is 0.0951. The van der Waals surface area contributed by atoms with Gasteiger partial charge in [-0.05, 0) is 59.2 Å². The standard InChI is InChI=1S/C32H24ClN7O2/c1-42-31-10-6-21(17-35-31)18-40-19-25(27-8-7-26(33)14-30(27)40)13-24(15-34)22-3-2-4-23(12-22)32(41)36-16-20-5-9-28-29(11-20)38-39-37-28/h2-14,17,19H,16,18H2,1H3,(H,36,41)(H,37,38,39). The first-order chi connectivity index (χ1) is 20.5. The maximum absolute atomic E-state index is 13.0. The number of fused-ring (bicyclic) bond motifs is 2. The third kappa shape index (κ3) is 5.57. The monoisotopic (exact) mass is 573 g/mol. The second-order valence-corrected chi connectivity index (χ2v) is 10.1. The summed E-state index contributed by atoms with van der Waals surface area (Å²) in [5, 5.41) is 25.4. The smallest absolute Gasteiger partial charge is 0.251 e. The molecule has 0 fully saturated rings. The molecule has 0 aliphatic heterocycles. The highest BCUT2D eigenvalue weighted by Crippen LogP contribution is 2.29. The molecule has 3 aromatic heterocycles. The van der Waals surface area contributed by atoms with Gasteiger partial charge in [-0.3, -0.25) is 4.79 Å². The number of nitrogens with zero attached hydrogens (tertiary/aromatic N) is 5. The quantitative estimate of drug-likeness (QED) is 0.215. The minimum absolute atomic E-state index is 0.242. The number of rotatable bonds is 8. The van der Waals surface area contributed by atoms with E-state index in [1.165, 1.54) is 0 Å². The Labute approximate surface area is 246 Å². The zero-order chi connectivity index (χ0) is 29.1. The molecule has 0 aliphatic rings. The van der Waals surface area contributed by atoms with Gasteiger partial charge >= 0.3 is 0 Å². The van der Waals surface area contributed by atoms with E-state index in [9.17, 15) is 10.1 Å². The van der Waals surface area contributed by atoms with Crippen molar-refractivity contribution in [3.63, 3.8) is 0 Å². The van der Waals surface area contributed by atoms with Crippen LogP contribution in [0, 0.1) is 11.3 Å². The number of methoxy groups -OCH3 is 1. The van der Waals surface area contributed by atoms with Gasteiger partial charge in [-0.25, -0.2) is 4.98 Å². The van der Waals surface area contributed by atoms with Crippen LogP contribution >= 0.6 is 11.6 Å². The summed E-state index contributed by atoms with van der Waals surface area (Å²) in [4.78, 5) is 17.3. The predicted molar refractivity (Wildman–Crippen MR) is 162 cm³/mol. The van der Waals surface area contributed by atoms with Crippen LogP contribution in [-0.4, -0.2) is 38.0 Å². The van der Waals surface area contributed by atoms with Crippen molar-refractivity contribution < 1.29 is 9.53 Å². The van der Waals surface area contributed by atoms with E-state index < -0.39 is 0 Å². The Balaban J connectivity index is 1.26. The molecule has 0 saturated heterocycles. The molecule has 0 bridgehead atoms. The Kier molecular flexibility index (Phi) is 7.37. The summed E-state index contributed by atoms with van der Waals surface area (Å²) in [6, 6.07) is 24.4. The number of H-pyrrole nitrogens is 1. The fourth-order valence-electron chi connectivity index (χ4n) is 4.81. The van der Waals surface area contributed by atoms with Crippen molar-refractivity contribution in [1.29, 1.82) is 5.26 Å². The van der Waals surface area contributed by atoms with Gasteiger partial charge in [-0.2, -0.15) is 20.7 Å². The zero-order valence-corrected chi connectivity index (χ0v) is 23.3. The number of hydrogen-bond acceptors (Lipinski definition) is 6. The van der Waals surface area contributed by atoms with E-state index in [-0.39, 0.29) is 5.91 Å². The molecule has 1 amide bonds. The van der Waals surface area contributed by atoms with Gasteiger partial charge in [0.25, 0.3) is 5.91 Å². The number of nitriles is 1. The number of carbonyl (C=O) groups excluding carboxylic acids is 1. The summed E-state index contributed by atoms with van der Waals surface area (Å²) >= 11 is 6.35. The van der Waals surface area contributed by atoms with Crippen LogP contribution in [0.15, 0.2) is 85.2 Å². The first-order valence-electron chi connectivity index (χ1n) is 13.1. The first kappa shape index (κ1) is 26.7. The van der Waals surface area contributed by atoms with E-state index in [1.54, 1.807) is 31.5 Å². The molecule has 0 aliphatic carbocycles. The first-order valence-corrected chi connectivity index (χ1v) is 13.5. The second-order valence-electron chi connectivity index (χ2n) is 9.66. The Morgan fingerprint density at radius 2 is 1.88 bits per heavy atom. The number of aromatic amines is 1. The van der Waals surface area contributed by atoms with E-state index in [0.717, 1.165) is 38.6 Å². The van der Waals surface area contributed by atoms with Gasteiger partial charge in [0.15, 0.2) is 0 Å². The molecule has 3 heterocycles. The normalized spacial score (nSPS) is 11.5. The van der Waals surface area contributed by atoms with Gasteiger partial charge < -0.3 is 14.6 Å². The molecule has 0 saturated carbocycles. The molecular weight excluding hydrogens is 550 g/mol. The molecule has 2 N–H and O–H groups in total. The Morgan fingerprint density at radius 1 is 1.05 bits per heavy atom. The number of hydrogen-bond donors (Lipinski definition) is 2. The Bertz CT molecular complexity index is 2000. The van der Waals surface area contributed by atoms with Crippen LogP contribution in [-0.2, 0) is 13.1 Å². The van der Waals surface area contributed by atoms with Crippen molar-refractivity contribution in [3.05, 3.63) is 118 Å². The zero-order valence-electron chi connectivity index (χ0n) is 22.5. The summed E-state index contributed by atoms with van der Waals surface area (Å²) < 4.78 is 7.25. The molecule has 206 valence electrons. The van der Waals surface area contributed by atoms with Crippen LogP contribution in [0.3, 0.4) is 0 Å². The van der Waals surface area contributed by atoms with Gasteiger partial charge in [-0.15, -0.1) is 0 Å². The van der Waals surface area contributed by atoms with Crippen molar-refractivity contribution in [1.82, 2.24) is 30.3 Å². The van der Waals surface area contributed by atoms with Crippen molar-refractivity contribution in [2.45, 2.75) is 13.1 Å². The lowest BCUT2D eigenvalue weighted by Crippen LogP contribution is -2.22. The lowest BCUT2D eigenvalue weighted by atomic mass is 10.0. The number of halogens is 1. The van der Waals surface area contributed by atoms with Gasteiger partial charge in [-0.1, -0.05) is 41.9 Å². The highest BCUT2D eigenvalue weighted by atomic mass is 35.5. The number of aromatic nitrogens is 5. The predicted octanol–water partition coefficient (Wildman–Crippen LogP) is 6.01. The summed E-state index contributed by atoms with van der Waals surface area (Å²) in [7, 11) is 1.58. The topological polar surface area (TPSA) is 122 Å². The van der Waals surface area contributed by atoms with Crippen LogP contribution in [0.1, 0.15) is 32.6 Å². The highest BCUT2D eigenvalue weighted by Gasteiger charge is 2.13. The van der Waals surface area contributed by atoms with Crippen LogP contribution in [0.2, 0.25) is 5.02 Å². The maximum Gasteiger partial charge on any atom is 0.251 e. The molecule has 3 aromatic carbocycles. The van der Waals surface area contributed by atoms with Gasteiger partial charge in [0.2, 0.25) is 5.88 Å². The number of allylic oxidation sites excluding steroid dienone is 1. The SMILES string of the molecule is COc1ccc(Cn2cc(C=C(C#N)c3cccc(C(=O)NCc4ccc5n[nH]nc5c4)c3)c3ccc(Cl)cc32)cn1. The third-order valence-corrected chi connectivity index (χ3v) is 7.16. The highest BCUT2D eigenvalue weighted by molar-refractivity contribution is 6.31. The average Bonchev–Trinajstić information content (AvgIpc) is 3.62. The summed E-state index contributed by atoms with van der Waals surface area (Å²) in [5.41, 5.74) is 6.71. The molecule has 6 aromatic rings. The van der Waals surface area contributed by atoms with E-state index in [1.807, 2.05) is 66.9 Å². The number of amides is 1. The number of nitrogens with one attached hydrogen (secondary N) is 2. The van der Waals surface area contributed by atoms with Gasteiger partial charge in [0, 0.05) is 53.1 Å². The third-order valence-electron chi connectivity index (χ3n) is 6.92. The molecule has 0 atom stereocenters. The molecule has 42 heavy (non-hydrogen) atoms. The Hall–Kier alpha value is -5.46. The summed E-state index contributed by atoms with van der Waals surface area (Å²) in [6.45, 7) is 0.890. The largest absolute Gasteiger partial charge is 0.481 e. The minimum atomic E-state index is -0.242. The van der Waals surface area contributed by atoms with E-state index in [2.05, 4.69) is 36.3 Å². The van der Waals surface area contributed by atoms with Crippen molar-refractivity contribution in [2.75, 3.05) is 7.11 Å². The van der Waals surface area contributed by atoms with Crippen LogP contribution in [0.4, 0.5) is 0 Å². The Morgan fingerprint density at radius 3 is 2.69 bits per heavy atom. The lowest BCUT2D eigenvalue weighted by Gasteiger charge is -2.07. The number of pyridine rings is 1. The maximum atomic E-state index is 13.0. The number of benzene rings is 3. The number of ether oxygens (including phenoxy) is 1. The molecule has 0 spiro atoms. The van der Waals surface area contributed by atoms with Crippen LogP contribution < -0.4 is 10.1 Å². The molecule has 9 nitrogen and oxygen atoms in total. The van der Waals surface area contributed by atoms with Crippen molar-refractivity contribution in [2.24, 2.45) is 0 Å². The van der Waals surface area contributed by atoms with E-state index in [0.29, 0.717) is 40.7 Å². The molecule has 0 radical (unpaired) electrons. The molecule has 0 unspecified atom stereocenters. The fourth-order valence-corrected chi connectivity index (χ4v) is 4.97.